The van der Waals surface area contributed by atoms with Crippen molar-refractivity contribution in [2.24, 2.45) is 0 Å². The van der Waals surface area contributed by atoms with Gasteiger partial charge in [0.1, 0.15) is 12.3 Å². The first-order chi connectivity index (χ1) is 14.7. The Morgan fingerprint density at radius 1 is 1.26 bits per heavy atom. The van der Waals surface area contributed by atoms with Crippen LogP contribution >= 0.6 is 11.6 Å². The first-order valence-corrected chi connectivity index (χ1v) is 11.9. The molecule has 10 heteroatoms. The summed E-state index contributed by atoms with van der Waals surface area (Å²) < 4.78 is 30.6. The Labute approximate surface area is 186 Å². The Hall–Kier alpha value is -2.78. The number of nitrogens with one attached hydrogen (secondary N) is 1. The number of methoxy groups -OCH3 is 1. The van der Waals surface area contributed by atoms with Crippen molar-refractivity contribution in [1.82, 2.24) is 5.32 Å². The van der Waals surface area contributed by atoms with Crippen molar-refractivity contribution in [1.29, 1.82) is 0 Å². The van der Waals surface area contributed by atoms with Gasteiger partial charge < -0.3 is 15.0 Å². The van der Waals surface area contributed by atoms with Crippen molar-refractivity contribution in [3.8, 4) is 5.75 Å². The number of amides is 2. The highest BCUT2D eigenvalue weighted by Crippen LogP contribution is 2.30. The second-order valence-electron chi connectivity index (χ2n) is 7.18. The number of benzene rings is 2. The number of carbonyl (C=O) groups excluding carboxylic acids is 2. The van der Waals surface area contributed by atoms with Crippen LogP contribution in [0.15, 0.2) is 42.5 Å². The molecule has 1 aliphatic rings. The van der Waals surface area contributed by atoms with E-state index in [0.717, 1.165) is 28.2 Å². The van der Waals surface area contributed by atoms with E-state index in [1.54, 1.807) is 11.0 Å². The predicted octanol–water partition coefficient (Wildman–Crippen LogP) is 2.56. The maximum atomic E-state index is 12.5. The van der Waals surface area contributed by atoms with E-state index < -0.39 is 22.5 Å². The van der Waals surface area contributed by atoms with Crippen molar-refractivity contribution >= 4 is 44.8 Å². The van der Waals surface area contributed by atoms with Crippen LogP contribution in [0.1, 0.15) is 18.4 Å². The van der Waals surface area contributed by atoms with Crippen molar-refractivity contribution in [3.05, 3.63) is 53.1 Å². The number of rotatable bonds is 8. The van der Waals surface area contributed by atoms with Gasteiger partial charge in [-0.05, 0) is 42.3 Å². The SMILES string of the molecule is COc1ccc(N(CC(=O)NCc2cccc(N3CCCC3=O)c2)S(C)(=O)=O)cc1Cl. The Kier molecular flexibility index (Phi) is 7.07. The third-order valence-corrected chi connectivity index (χ3v) is 6.33. The Balaban J connectivity index is 1.68. The van der Waals surface area contributed by atoms with E-state index in [4.69, 9.17) is 16.3 Å². The van der Waals surface area contributed by atoms with Crippen LogP contribution in [0, 0.1) is 0 Å². The number of halogens is 1. The molecule has 1 saturated heterocycles. The second kappa shape index (κ2) is 9.57. The van der Waals surface area contributed by atoms with Gasteiger partial charge in [-0.1, -0.05) is 23.7 Å². The summed E-state index contributed by atoms with van der Waals surface area (Å²) >= 11 is 6.11. The topological polar surface area (TPSA) is 96.0 Å². The highest BCUT2D eigenvalue weighted by atomic mass is 35.5. The van der Waals surface area contributed by atoms with Crippen LogP contribution in [0.25, 0.3) is 0 Å². The molecule has 1 aliphatic heterocycles. The molecule has 0 aromatic heterocycles. The quantitative estimate of drug-likeness (QED) is 0.646. The fourth-order valence-electron chi connectivity index (χ4n) is 3.35. The fraction of sp³-hybridized carbons (Fsp3) is 0.333. The van der Waals surface area contributed by atoms with Crippen LogP contribution in [0.2, 0.25) is 5.02 Å². The van der Waals surface area contributed by atoms with E-state index >= 15 is 0 Å². The molecule has 0 saturated carbocycles. The van der Waals surface area contributed by atoms with E-state index in [9.17, 15) is 18.0 Å². The number of hydrogen-bond donors (Lipinski definition) is 1. The minimum Gasteiger partial charge on any atom is -0.495 e. The largest absolute Gasteiger partial charge is 0.495 e. The lowest BCUT2D eigenvalue weighted by atomic mass is 10.2. The summed E-state index contributed by atoms with van der Waals surface area (Å²) in [6, 6.07) is 11.9. The van der Waals surface area contributed by atoms with Gasteiger partial charge in [0.2, 0.25) is 21.8 Å². The van der Waals surface area contributed by atoms with Crippen LogP contribution in [-0.2, 0) is 26.2 Å². The lowest BCUT2D eigenvalue weighted by Gasteiger charge is -2.22. The lowest BCUT2D eigenvalue weighted by Crippen LogP contribution is -2.40. The summed E-state index contributed by atoms with van der Waals surface area (Å²) in [7, 11) is -2.27. The van der Waals surface area contributed by atoms with Crippen LogP contribution < -0.4 is 19.3 Å². The molecule has 3 rings (SSSR count). The molecule has 0 bridgehead atoms. The van der Waals surface area contributed by atoms with Gasteiger partial charge >= 0.3 is 0 Å². The Morgan fingerprint density at radius 3 is 2.65 bits per heavy atom. The first-order valence-electron chi connectivity index (χ1n) is 9.66. The fourth-order valence-corrected chi connectivity index (χ4v) is 4.45. The van der Waals surface area contributed by atoms with E-state index in [1.807, 2.05) is 24.3 Å². The number of carbonyl (C=O) groups is 2. The summed E-state index contributed by atoms with van der Waals surface area (Å²) in [5, 5.41) is 2.97. The molecule has 0 aliphatic carbocycles. The maximum absolute atomic E-state index is 12.5. The molecule has 0 unspecified atom stereocenters. The van der Waals surface area contributed by atoms with E-state index in [2.05, 4.69) is 5.32 Å². The van der Waals surface area contributed by atoms with Gasteiger partial charge in [-0.25, -0.2) is 8.42 Å². The molecule has 1 heterocycles. The van der Waals surface area contributed by atoms with Gasteiger partial charge in [0.25, 0.3) is 0 Å². The van der Waals surface area contributed by atoms with Crippen LogP contribution in [0.3, 0.4) is 0 Å². The van der Waals surface area contributed by atoms with Crippen molar-refractivity contribution in [2.75, 3.05) is 35.7 Å². The number of anilines is 2. The molecular weight excluding hydrogens is 442 g/mol. The molecule has 0 spiro atoms. The predicted molar refractivity (Wildman–Crippen MR) is 120 cm³/mol. The normalized spacial score (nSPS) is 13.9. The molecule has 0 atom stereocenters. The van der Waals surface area contributed by atoms with Crippen LogP contribution in [0.4, 0.5) is 11.4 Å². The lowest BCUT2D eigenvalue weighted by molar-refractivity contribution is -0.120. The molecule has 31 heavy (non-hydrogen) atoms. The minimum absolute atomic E-state index is 0.0862. The van der Waals surface area contributed by atoms with Crippen LogP contribution in [0.5, 0.6) is 5.75 Å². The summed E-state index contributed by atoms with van der Waals surface area (Å²) in [6.45, 7) is 0.490. The zero-order chi connectivity index (χ0) is 22.6. The number of nitrogens with zero attached hydrogens (tertiary/aromatic N) is 2. The summed E-state index contributed by atoms with van der Waals surface area (Å²) in [6.07, 6.45) is 2.39. The Morgan fingerprint density at radius 2 is 2.03 bits per heavy atom. The van der Waals surface area contributed by atoms with Gasteiger partial charge in [0, 0.05) is 25.2 Å². The number of ether oxygens (including phenoxy) is 1. The minimum atomic E-state index is -3.73. The average Bonchev–Trinajstić information content (AvgIpc) is 3.15. The van der Waals surface area contributed by atoms with E-state index in [1.165, 1.54) is 19.2 Å². The standard InChI is InChI=1S/C21H24ClN3O5S/c1-30-19-9-8-17(12-18(19)22)25(31(2,28)29)14-20(26)23-13-15-5-3-6-16(11-15)24-10-4-7-21(24)27/h3,5-6,8-9,11-12H,4,7,10,13-14H2,1-2H3,(H,23,26). The van der Waals surface area contributed by atoms with Gasteiger partial charge in [0.05, 0.1) is 24.1 Å². The first kappa shape index (κ1) is 22.9. The molecule has 166 valence electrons. The zero-order valence-electron chi connectivity index (χ0n) is 17.3. The van der Waals surface area contributed by atoms with Crippen molar-refractivity contribution < 1.29 is 22.7 Å². The van der Waals surface area contributed by atoms with E-state index in [-0.39, 0.29) is 23.2 Å². The van der Waals surface area contributed by atoms with Gasteiger partial charge in [-0.3, -0.25) is 13.9 Å². The molecule has 2 aromatic carbocycles. The molecular formula is C21H24ClN3O5S. The number of hydrogen-bond acceptors (Lipinski definition) is 5. The molecule has 2 amide bonds. The summed E-state index contributed by atoms with van der Waals surface area (Å²) in [5.41, 5.74) is 1.86. The molecule has 1 N–H and O–H groups in total. The number of sulfonamides is 1. The Bertz CT molecular complexity index is 1090. The monoisotopic (exact) mass is 465 g/mol. The molecule has 1 fully saturated rings. The third-order valence-electron chi connectivity index (χ3n) is 4.90. The van der Waals surface area contributed by atoms with Crippen molar-refractivity contribution in [3.63, 3.8) is 0 Å². The zero-order valence-corrected chi connectivity index (χ0v) is 18.9. The van der Waals surface area contributed by atoms with Gasteiger partial charge in [-0.2, -0.15) is 0 Å². The van der Waals surface area contributed by atoms with Crippen LogP contribution in [-0.4, -0.2) is 46.7 Å². The highest BCUT2D eigenvalue weighted by Gasteiger charge is 2.23. The average molecular weight is 466 g/mol. The highest BCUT2D eigenvalue weighted by molar-refractivity contribution is 7.92. The van der Waals surface area contributed by atoms with Gasteiger partial charge in [0.15, 0.2) is 0 Å². The van der Waals surface area contributed by atoms with Crippen molar-refractivity contribution in [2.45, 2.75) is 19.4 Å². The molecule has 0 radical (unpaired) electrons. The molecule has 8 nitrogen and oxygen atoms in total. The molecule has 2 aromatic rings. The maximum Gasteiger partial charge on any atom is 0.241 e. The summed E-state index contributed by atoms with van der Waals surface area (Å²) in [4.78, 5) is 26.2. The third kappa shape index (κ3) is 5.68. The van der Waals surface area contributed by atoms with Gasteiger partial charge in [-0.15, -0.1) is 0 Å². The second-order valence-corrected chi connectivity index (χ2v) is 9.50. The van der Waals surface area contributed by atoms with E-state index in [0.29, 0.717) is 18.7 Å². The smallest absolute Gasteiger partial charge is 0.241 e. The summed E-state index contributed by atoms with van der Waals surface area (Å²) in [5.74, 6) is 0.0165.